The molecule has 0 saturated carbocycles. The van der Waals surface area contributed by atoms with Crippen LogP contribution in [-0.4, -0.2) is 25.5 Å². The van der Waals surface area contributed by atoms with E-state index >= 15 is 0 Å². The van der Waals surface area contributed by atoms with Gasteiger partial charge in [-0.1, -0.05) is 38.1 Å². The molecule has 0 aliphatic carbocycles. The van der Waals surface area contributed by atoms with Gasteiger partial charge < -0.3 is 10.6 Å². The third-order valence-corrected chi connectivity index (χ3v) is 4.73. The first-order chi connectivity index (χ1) is 10.0. The summed E-state index contributed by atoms with van der Waals surface area (Å²) in [6.07, 6.45) is 2.85. The van der Waals surface area contributed by atoms with E-state index < -0.39 is 0 Å². The zero-order valence-electron chi connectivity index (χ0n) is 13.5. The van der Waals surface area contributed by atoms with Gasteiger partial charge in [-0.3, -0.25) is 4.79 Å². The molecule has 3 nitrogen and oxygen atoms in total. The number of carbonyl (C=O) groups is 1. The molecule has 1 aromatic rings. The Bertz CT molecular complexity index is 478. The maximum Gasteiger partial charge on any atom is 0.220 e. The van der Waals surface area contributed by atoms with Crippen LogP contribution >= 0.6 is 0 Å². The molecule has 1 heterocycles. The van der Waals surface area contributed by atoms with Crippen LogP contribution in [0.2, 0.25) is 0 Å². The van der Waals surface area contributed by atoms with Crippen LogP contribution in [0.5, 0.6) is 0 Å². The number of benzene rings is 1. The molecule has 1 atom stereocenters. The SMILES string of the molecule is Cc1ccccc1C(C)CC(=O)NCC1(C)CCNCC1. The Morgan fingerprint density at radius 2 is 2.00 bits per heavy atom. The van der Waals surface area contributed by atoms with Crippen molar-refractivity contribution in [1.82, 2.24) is 10.6 Å². The van der Waals surface area contributed by atoms with Gasteiger partial charge in [0, 0.05) is 13.0 Å². The van der Waals surface area contributed by atoms with E-state index in [1.165, 1.54) is 11.1 Å². The van der Waals surface area contributed by atoms with Crippen LogP contribution in [0.4, 0.5) is 0 Å². The van der Waals surface area contributed by atoms with Crippen molar-refractivity contribution in [2.75, 3.05) is 19.6 Å². The van der Waals surface area contributed by atoms with Gasteiger partial charge in [0.25, 0.3) is 0 Å². The molecule has 0 spiro atoms. The normalized spacial score (nSPS) is 19.0. The average molecular weight is 288 g/mol. The first kappa shape index (κ1) is 16.0. The molecule has 2 rings (SSSR count). The van der Waals surface area contributed by atoms with E-state index in [4.69, 9.17) is 0 Å². The summed E-state index contributed by atoms with van der Waals surface area (Å²) in [5.41, 5.74) is 2.80. The molecule has 0 bridgehead atoms. The number of piperidine rings is 1. The van der Waals surface area contributed by atoms with Gasteiger partial charge in [-0.25, -0.2) is 0 Å². The van der Waals surface area contributed by atoms with Crippen LogP contribution in [0.25, 0.3) is 0 Å². The molecule has 0 aromatic heterocycles. The molecule has 1 aromatic carbocycles. The zero-order valence-corrected chi connectivity index (χ0v) is 13.5. The van der Waals surface area contributed by atoms with E-state index in [1.54, 1.807) is 0 Å². The highest BCUT2D eigenvalue weighted by Gasteiger charge is 2.27. The minimum absolute atomic E-state index is 0.172. The van der Waals surface area contributed by atoms with Gasteiger partial charge >= 0.3 is 0 Å². The second-order valence-electron chi connectivity index (χ2n) is 6.80. The van der Waals surface area contributed by atoms with Crippen molar-refractivity contribution in [3.63, 3.8) is 0 Å². The smallest absolute Gasteiger partial charge is 0.220 e. The Labute approximate surface area is 128 Å². The summed E-state index contributed by atoms with van der Waals surface area (Å²) in [5, 5.41) is 6.52. The molecular weight excluding hydrogens is 260 g/mol. The van der Waals surface area contributed by atoms with Crippen LogP contribution in [0.3, 0.4) is 0 Å². The predicted molar refractivity (Wildman–Crippen MR) is 87.4 cm³/mol. The van der Waals surface area contributed by atoms with Crippen molar-refractivity contribution < 1.29 is 4.79 Å². The van der Waals surface area contributed by atoms with Gasteiger partial charge in [0.15, 0.2) is 0 Å². The van der Waals surface area contributed by atoms with Crippen LogP contribution in [-0.2, 0) is 4.79 Å². The Morgan fingerprint density at radius 1 is 1.33 bits per heavy atom. The van der Waals surface area contributed by atoms with Gasteiger partial charge in [0.05, 0.1) is 0 Å². The third kappa shape index (κ3) is 4.57. The maximum atomic E-state index is 12.2. The molecule has 21 heavy (non-hydrogen) atoms. The number of aryl methyl sites for hydroxylation is 1. The topological polar surface area (TPSA) is 41.1 Å². The number of amides is 1. The first-order valence-electron chi connectivity index (χ1n) is 8.03. The van der Waals surface area contributed by atoms with E-state index in [0.29, 0.717) is 6.42 Å². The van der Waals surface area contributed by atoms with Gasteiger partial charge in [-0.05, 0) is 55.3 Å². The van der Waals surface area contributed by atoms with Crippen molar-refractivity contribution in [2.45, 2.75) is 46.0 Å². The molecule has 116 valence electrons. The molecule has 0 radical (unpaired) electrons. The maximum absolute atomic E-state index is 12.2. The highest BCUT2D eigenvalue weighted by atomic mass is 16.1. The van der Waals surface area contributed by atoms with E-state index in [-0.39, 0.29) is 17.2 Å². The summed E-state index contributed by atoms with van der Waals surface area (Å²) >= 11 is 0. The molecule has 1 aliphatic heterocycles. The van der Waals surface area contributed by atoms with E-state index in [1.807, 2.05) is 12.1 Å². The van der Waals surface area contributed by atoms with Crippen molar-refractivity contribution in [3.05, 3.63) is 35.4 Å². The van der Waals surface area contributed by atoms with Crippen LogP contribution < -0.4 is 10.6 Å². The average Bonchev–Trinajstić information content (AvgIpc) is 2.46. The number of nitrogens with one attached hydrogen (secondary N) is 2. The number of carbonyl (C=O) groups excluding carboxylic acids is 1. The molecular formula is C18H28N2O. The molecule has 2 N–H and O–H groups in total. The van der Waals surface area contributed by atoms with Gasteiger partial charge in [0.1, 0.15) is 0 Å². The van der Waals surface area contributed by atoms with Crippen LogP contribution in [0.15, 0.2) is 24.3 Å². The van der Waals surface area contributed by atoms with Crippen molar-refractivity contribution >= 4 is 5.91 Å². The molecule has 1 unspecified atom stereocenters. The fraction of sp³-hybridized carbons (Fsp3) is 0.611. The quantitative estimate of drug-likeness (QED) is 0.874. The number of hydrogen-bond donors (Lipinski definition) is 2. The fourth-order valence-corrected chi connectivity index (χ4v) is 3.12. The standard InChI is InChI=1S/C18H28N2O/c1-14-6-4-5-7-16(14)15(2)12-17(21)20-13-18(3)8-10-19-11-9-18/h4-7,15,19H,8-13H2,1-3H3,(H,20,21). The van der Waals surface area contributed by atoms with Gasteiger partial charge in [-0.15, -0.1) is 0 Å². The van der Waals surface area contributed by atoms with Gasteiger partial charge in [-0.2, -0.15) is 0 Å². The number of hydrogen-bond acceptors (Lipinski definition) is 2. The lowest BCUT2D eigenvalue weighted by atomic mass is 9.81. The molecule has 3 heteroatoms. The zero-order chi connectivity index (χ0) is 15.3. The summed E-state index contributed by atoms with van der Waals surface area (Å²) in [5.74, 6) is 0.442. The molecule has 1 saturated heterocycles. The monoisotopic (exact) mass is 288 g/mol. The summed E-state index contributed by atoms with van der Waals surface area (Å²) in [6.45, 7) is 9.44. The lowest BCUT2D eigenvalue weighted by Gasteiger charge is -2.34. The molecule has 1 aliphatic rings. The van der Waals surface area contributed by atoms with Crippen molar-refractivity contribution in [3.8, 4) is 0 Å². The second-order valence-corrected chi connectivity index (χ2v) is 6.80. The second kappa shape index (κ2) is 7.08. The number of rotatable bonds is 5. The van der Waals surface area contributed by atoms with Crippen LogP contribution in [0, 0.1) is 12.3 Å². The predicted octanol–water partition coefficient (Wildman–Crippen LogP) is 2.99. The Hall–Kier alpha value is -1.35. The third-order valence-electron chi connectivity index (χ3n) is 4.73. The Balaban J connectivity index is 1.83. The minimum atomic E-state index is 0.172. The van der Waals surface area contributed by atoms with E-state index in [9.17, 15) is 4.79 Å². The minimum Gasteiger partial charge on any atom is -0.356 e. The van der Waals surface area contributed by atoms with Crippen LogP contribution in [0.1, 0.15) is 50.2 Å². The lowest BCUT2D eigenvalue weighted by Crippen LogP contribution is -2.43. The van der Waals surface area contributed by atoms with Crippen molar-refractivity contribution in [1.29, 1.82) is 0 Å². The molecule has 1 amide bonds. The van der Waals surface area contributed by atoms with Crippen molar-refractivity contribution in [2.24, 2.45) is 5.41 Å². The summed E-state index contributed by atoms with van der Waals surface area (Å²) in [6, 6.07) is 8.33. The highest BCUT2D eigenvalue weighted by molar-refractivity contribution is 5.76. The van der Waals surface area contributed by atoms with E-state index in [0.717, 1.165) is 32.5 Å². The summed E-state index contributed by atoms with van der Waals surface area (Å²) in [4.78, 5) is 12.2. The Morgan fingerprint density at radius 3 is 2.67 bits per heavy atom. The molecule has 1 fully saturated rings. The lowest BCUT2D eigenvalue weighted by molar-refractivity contribution is -0.122. The summed E-state index contributed by atoms with van der Waals surface area (Å²) in [7, 11) is 0. The van der Waals surface area contributed by atoms with E-state index in [2.05, 4.69) is 43.5 Å². The fourth-order valence-electron chi connectivity index (χ4n) is 3.12. The largest absolute Gasteiger partial charge is 0.356 e. The highest BCUT2D eigenvalue weighted by Crippen LogP contribution is 2.27. The summed E-state index contributed by atoms with van der Waals surface area (Å²) < 4.78 is 0. The Kier molecular flexibility index (Phi) is 5.40. The van der Waals surface area contributed by atoms with Gasteiger partial charge in [0.2, 0.25) is 5.91 Å². The first-order valence-corrected chi connectivity index (χ1v) is 8.03.